The number of nitrogens with one attached hydrogen (secondary N) is 3. The molecule has 7 unspecified atom stereocenters. The fourth-order valence-corrected chi connectivity index (χ4v) is 8.03. The number of carbonyl (C=O) groups is 2. The molecule has 0 aromatic carbocycles. The zero-order valence-electron chi connectivity index (χ0n) is 43.9. The quantitative estimate of drug-likeness (QED) is 0.0202. The Morgan fingerprint density at radius 2 is 1.00 bits per heavy atom. The molecule has 3 fully saturated rings. The van der Waals surface area contributed by atoms with Crippen LogP contribution in [0, 0.1) is 5.92 Å². The number of nitrogens with two attached hydrogens (primary N) is 1. The van der Waals surface area contributed by atoms with Crippen molar-refractivity contribution in [2.45, 2.75) is 126 Å². The van der Waals surface area contributed by atoms with Crippen LogP contribution in [0.25, 0.3) is 0 Å². The van der Waals surface area contributed by atoms with Crippen LogP contribution in [-0.2, 0) is 80.6 Å². The van der Waals surface area contributed by atoms with Gasteiger partial charge >= 0.3 is 5.97 Å². The summed E-state index contributed by atoms with van der Waals surface area (Å²) >= 11 is 0. The number of methoxy groups -OCH3 is 1. The third-order valence-electron chi connectivity index (χ3n) is 12.3. The average molecular weight is 1080 g/mol. The van der Waals surface area contributed by atoms with E-state index >= 15 is 0 Å². The molecule has 11 N–H and O–H groups in total. The zero-order chi connectivity index (χ0) is 54.1. The van der Waals surface area contributed by atoms with Crippen LogP contribution >= 0.6 is 0 Å². The lowest BCUT2D eigenvalue weighted by molar-refractivity contribution is -0.344. The Kier molecular flexibility index (Phi) is 35.3. The van der Waals surface area contributed by atoms with Crippen LogP contribution in [0.5, 0.6) is 0 Å². The summed E-state index contributed by atoms with van der Waals surface area (Å²) in [6.07, 6.45) is -13.3. The lowest BCUT2D eigenvalue weighted by Gasteiger charge is -2.50. The van der Waals surface area contributed by atoms with E-state index in [2.05, 4.69) is 16.0 Å². The summed E-state index contributed by atoms with van der Waals surface area (Å²) in [6.45, 7) is 12.5. The zero-order valence-corrected chi connectivity index (χ0v) is 43.9. The van der Waals surface area contributed by atoms with Crippen LogP contribution in [0.3, 0.4) is 0 Å². The van der Waals surface area contributed by atoms with E-state index in [0.717, 1.165) is 0 Å². The molecule has 0 aromatic rings. The van der Waals surface area contributed by atoms with Crippen LogP contribution in [-0.4, -0.2) is 293 Å². The van der Waals surface area contributed by atoms with Gasteiger partial charge < -0.3 is 123 Å². The van der Waals surface area contributed by atoms with E-state index in [4.69, 9.17) is 76.8 Å². The van der Waals surface area contributed by atoms with Gasteiger partial charge in [0.05, 0.1) is 169 Å². The van der Waals surface area contributed by atoms with Gasteiger partial charge in [0.1, 0.15) is 49.3 Å². The Labute approximate surface area is 434 Å². The number of ether oxygens (including phenoxy) is 15. The molecule has 74 heavy (non-hydrogen) atoms. The predicted octanol–water partition coefficient (Wildman–Crippen LogP) is -4.83. The van der Waals surface area contributed by atoms with E-state index in [-0.39, 0.29) is 38.8 Å². The second-order valence-electron chi connectivity index (χ2n) is 18.0. The molecule has 3 saturated heterocycles. The minimum Gasteiger partial charge on any atom is -0.463 e. The fourth-order valence-electron chi connectivity index (χ4n) is 8.03. The van der Waals surface area contributed by atoms with Crippen molar-refractivity contribution < 1.29 is 111 Å². The van der Waals surface area contributed by atoms with E-state index in [0.29, 0.717) is 106 Å². The molecule has 0 saturated carbocycles. The first-order valence-electron chi connectivity index (χ1n) is 25.7. The summed E-state index contributed by atoms with van der Waals surface area (Å²) in [6, 6.07) is -3.51. The first-order chi connectivity index (χ1) is 35.8. The van der Waals surface area contributed by atoms with E-state index < -0.39 is 123 Å². The Morgan fingerprint density at radius 3 is 1.46 bits per heavy atom. The number of hydrogen-bond donors (Lipinski definition) is 10. The minimum atomic E-state index is -1.55. The second kappa shape index (κ2) is 39.4. The Bertz CT molecular complexity index is 1440. The maximum absolute atomic E-state index is 12.5. The van der Waals surface area contributed by atoms with Gasteiger partial charge in [0, 0.05) is 39.1 Å². The van der Waals surface area contributed by atoms with Gasteiger partial charge in [-0.25, -0.2) is 0 Å². The summed E-state index contributed by atoms with van der Waals surface area (Å²) in [5, 5.41) is 73.9. The predicted molar refractivity (Wildman–Crippen MR) is 259 cm³/mol. The summed E-state index contributed by atoms with van der Waals surface area (Å²) in [5.74, 6) is -1.56. The maximum atomic E-state index is 12.5. The first-order valence-corrected chi connectivity index (χ1v) is 25.7. The smallest absolute Gasteiger partial charge is 0.307 e. The van der Waals surface area contributed by atoms with Gasteiger partial charge in [-0.15, -0.1) is 0 Å². The Hall–Kier alpha value is -1.98. The second-order valence-corrected chi connectivity index (χ2v) is 18.0. The summed E-state index contributed by atoms with van der Waals surface area (Å²) in [5.41, 5.74) is 6.19. The Morgan fingerprint density at radius 1 is 0.581 bits per heavy atom. The van der Waals surface area contributed by atoms with Gasteiger partial charge in [-0.05, 0) is 13.8 Å². The molecule has 3 aliphatic rings. The van der Waals surface area contributed by atoms with Crippen molar-refractivity contribution in [1.29, 1.82) is 0 Å². The topological polar surface area (TPSA) is 356 Å². The van der Waals surface area contributed by atoms with Crippen molar-refractivity contribution in [1.82, 2.24) is 16.0 Å². The van der Waals surface area contributed by atoms with Crippen LogP contribution in [0.15, 0.2) is 0 Å². The van der Waals surface area contributed by atoms with E-state index in [1.807, 2.05) is 6.92 Å². The van der Waals surface area contributed by atoms with Crippen LogP contribution in [0.4, 0.5) is 0 Å². The molecule has 16 atom stereocenters. The number of rotatable bonds is 42. The lowest BCUT2D eigenvalue weighted by atomic mass is 9.89. The third kappa shape index (κ3) is 24.8. The molecule has 0 aliphatic carbocycles. The average Bonchev–Trinajstić information content (AvgIpc) is 3.38. The highest BCUT2D eigenvalue weighted by Gasteiger charge is 2.53. The number of esters is 1. The largest absolute Gasteiger partial charge is 0.463 e. The molecule has 1 amide bonds. The molecule has 0 bridgehead atoms. The molecule has 0 spiro atoms. The van der Waals surface area contributed by atoms with Crippen molar-refractivity contribution in [3.05, 3.63) is 0 Å². The molecule has 0 radical (unpaired) electrons. The van der Waals surface area contributed by atoms with Gasteiger partial charge in [0.2, 0.25) is 5.91 Å². The van der Waals surface area contributed by atoms with Gasteiger partial charge in [0.25, 0.3) is 0 Å². The molecule has 27 nitrogen and oxygen atoms in total. The van der Waals surface area contributed by atoms with Crippen molar-refractivity contribution in [3.63, 3.8) is 0 Å². The number of aliphatic hydroxyl groups is 6. The van der Waals surface area contributed by atoms with Crippen LogP contribution in [0.2, 0.25) is 0 Å². The number of aliphatic hydroxyl groups excluding tert-OH is 6. The summed E-state index contributed by atoms with van der Waals surface area (Å²) in [7, 11) is 1.63. The molecule has 3 heterocycles. The molecular weight excluding hydrogens is 989 g/mol. The highest BCUT2D eigenvalue weighted by atomic mass is 16.7. The molecular formula is C47H90N4O23. The van der Waals surface area contributed by atoms with Gasteiger partial charge in [-0.1, -0.05) is 6.92 Å². The number of amides is 1. The maximum Gasteiger partial charge on any atom is 0.307 e. The van der Waals surface area contributed by atoms with Gasteiger partial charge in [-0.3, -0.25) is 9.59 Å². The van der Waals surface area contributed by atoms with E-state index in [1.54, 1.807) is 21.0 Å². The van der Waals surface area contributed by atoms with Crippen molar-refractivity contribution in [2.24, 2.45) is 11.7 Å². The summed E-state index contributed by atoms with van der Waals surface area (Å²) < 4.78 is 84.2. The number of carbonyl (C=O) groups excluding carboxylic acids is 2. The highest BCUT2D eigenvalue weighted by Crippen LogP contribution is 2.33. The third-order valence-corrected chi connectivity index (χ3v) is 12.3. The lowest BCUT2D eigenvalue weighted by Crippen LogP contribution is -2.70. The van der Waals surface area contributed by atoms with Crippen molar-refractivity contribution in [3.8, 4) is 0 Å². The molecule has 3 rings (SSSR count). The summed E-state index contributed by atoms with van der Waals surface area (Å²) in [4.78, 5) is 24.6. The standard InChI is InChI=1S/C47H90N4O23/c1-30(49-7-6-37(56)69-25-24-68-23-22-67-21-20-66-19-18-65-17-16-64-15-14-63-13-12-62-11-10-61-9-8-60-5)26-50-39-43(59)45(74-47-40(51-33(4)55)41(57)31(2)34(27-52)71-47)36(29-54)72-46(39)73-44-35(28-53)70-32(3)38(48)42(44)58/h30-32,34-36,38-47,49-50,52-54,57-59H,6-29,48H2,1-5H3,(H,51,55)/t30?,31-,32-,34?,35?,36?,38?,39?,40?,41-,42+,43+,44+,45+,46-,47-/m0/s1. The van der Waals surface area contributed by atoms with E-state index in [1.165, 1.54) is 6.92 Å². The molecule has 3 aliphatic heterocycles. The van der Waals surface area contributed by atoms with Crippen molar-refractivity contribution in [2.75, 3.05) is 159 Å². The normalized spacial score (nSPS) is 30.8. The number of hydrogen-bond acceptors (Lipinski definition) is 26. The monoisotopic (exact) mass is 1080 g/mol. The highest BCUT2D eigenvalue weighted by molar-refractivity contribution is 5.73. The van der Waals surface area contributed by atoms with E-state index in [9.17, 15) is 40.2 Å². The molecule has 0 aromatic heterocycles. The molecule has 436 valence electrons. The van der Waals surface area contributed by atoms with Crippen LogP contribution in [0.1, 0.15) is 34.1 Å². The fraction of sp³-hybridized carbons (Fsp3) is 0.957. The van der Waals surface area contributed by atoms with Gasteiger partial charge in [-0.2, -0.15) is 0 Å². The van der Waals surface area contributed by atoms with Crippen LogP contribution < -0.4 is 21.7 Å². The SMILES string of the molecule is COCCOCCOCCOCCOCCOCCOCCOCCOCCOC(=O)CCNC(C)CNC1[C@H](O[C@@H]2C(CO)O[C@@H](C)C(N)[C@H]2O)OC(CO)[C@@H](O[C@@H]2OC(CO)[C@H](C)[C@H](O)C2NC(C)=O)[C@@H]1O. The molecule has 27 heteroatoms. The van der Waals surface area contributed by atoms with Crippen molar-refractivity contribution >= 4 is 11.9 Å². The Balaban J connectivity index is 1.31. The minimum absolute atomic E-state index is 0.0403. The first kappa shape index (κ1) is 66.3. The van der Waals surface area contributed by atoms with Gasteiger partial charge in [0.15, 0.2) is 12.6 Å².